The molecule has 2 aromatic carbocycles. The van der Waals surface area contributed by atoms with Crippen molar-refractivity contribution < 1.29 is 23.8 Å². The third kappa shape index (κ3) is 4.48. The van der Waals surface area contributed by atoms with E-state index in [2.05, 4.69) is 11.9 Å². The Morgan fingerprint density at radius 2 is 1.93 bits per heavy atom. The summed E-state index contributed by atoms with van der Waals surface area (Å²) in [5.41, 5.74) is 3.25. The normalized spacial score (nSPS) is 11.0. The molecular formula is C23H23NO5. The number of carbonyl (C=O) groups excluding carboxylic acids is 2. The van der Waals surface area contributed by atoms with E-state index >= 15 is 0 Å². The van der Waals surface area contributed by atoms with Crippen LogP contribution in [0.1, 0.15) is 28.4 Å². The predicted molar refractivity (Wildman–Crippen MR) is 112 cm³/mol. The summed E-state index contributed by atoms with van der Waals surface area (Å²) >= 11 is 0. The van der Waals surface area contributed by atoms with Crippen molar-refractivity contribution in [3.63, 3.8) is 0 Å². The first-order valence-corrected chi connectivity index (χ1v) is 9.26. The van der Waals surface area contributed by atoms with E-state index < -0.39 is 5.97 Å². The first-order chi connectivity index (χ1) is 14.1. The maximum atomic E-state index is 12.5. The summed E-state index contributed by atoms with van der Waals surface area (Å²) in [6.45, 7) is 1.73. The lowest BCUT2D eigenvalue weighted by Gasteiger charge is -2.07. The van der Waals surface area contributed by atoms with Gasteiger partial charge in [-0.15, -0.1) is 0 Å². The van der Waals surface area contributed by atoms with Crippen LogP contribution in [0.5, 0.6) is 11.5 Å². The number of aromatic nitrogens is 1. The van der Waals surface area contributed by atoms with Crippen molar-refractivity contribution in [2.75, 3.05) is 20.8 Å². The Hall–Kier alpha value is -3.54. The number of ether oxygens (including phenoxy) is 3. The van der Waals surface area contributed by atoms with Gasteiger partial charge in [0.15, 0.2) is 6.61 Å². The van der Waals surface area contributed by atoms with Crippen LogP contribution in [0.3, 0.4) is 0 Å². The lowest BCUT2D eigenvalue weighted by molar-refractivity contribution is -0.136. The number of methoxy groups -OCH3 is 2. The van der Waals surface area contributed by atoms with Gasteiger partial charge >= 0.3 is 5.97 Å². The smallest absolute Gasteiger partial charge is 0.331 e. The highest BCUT2D eigenvalue weighted by Gasteiger charge is 2.15. The van der Waals surface area contributed by atoms with Crippen LogP contribution in [0, 0.1) is 0 Å². The Balaban J connectivity index is 1.67. The SMILES string of the molecule is CCc1cccc2c(C(=O)COC(=O)/C=C/c3cc(OC)ccc3OC)c[nH]c12. The molecule has 6 nitrogen and oxygen atoms in total. The summed E-state index contributed by atoms with van der Waals surface area (Å²) in [4.78, 5) is 27.7. The van der Waals surface area contributed by atoms with E-state index in [-0.39, 0.29) is 12.4 Å². The quantitative estimate of drug-likeness (QED) is 0.353. The van der Waals surface area contributed by atoms with Crippen molar-refractivity contribution in [3.8, 4) is 11.5 Å². The molecule has 0 saturated carbocycles. The molecule has 0 bridgehead atoms. The Kier molecular flexibility index (Phi) is 6.34. The van der Waals surface area contributed by atoms with E-state index in [1.807, 2.05) is 18.2 Å². The second kappa shape index (κ2) is 9.10. The molecular weight excluding hydrogens is 370 g/mol. The number of esters is 1. The van der Waals surface area contributed by atoms with Gasteiger partial charge in [-0.05, 0) is 36.3 Å². The molecule has 0 aliphatic rings. The number of ketones is 1. The van der Waals surface area contributed by atoms with Crippen LogP contribution in [0.2, 0.25) is 0 Å². The van der Waals surface area contributed by atoms with Crippen LogP contribution in [-0.2, 0) is 16.0 Å². The molecule has 1 N–H and O–H groups in total. The van der Waals surface area contributed by atoms with Gasteiger partial charge in [0.1, 0.15) is 11.5 Å². The fraction of sp³-hybridized carbons (Fsp3) is 0.217. The van der Waals surface area contributed by atoms with Gasteiger partial charge in [-0.25, -0.2) is 4.79 Å². The van der Waals surface area contributed by atoms with Crippen LogP contribution in [0.15, 0.2) is 48.7 Å². The molecule has 0 aliphatic carbocycles. The first-order valence-electron chi connectivity index (χ1n) is 9.26. The molecule has 150 valence electrons. The summed E-state index contributed by atoms with van der Waals surface area (Å²) in [5, 5.41) is 0.835. The van der Waals surface area contributed by atoms with E-state index in [4.69, 9.17) is 14.2 Å². The van der Waals surface area contributed by atoms with Crippen LogP contribution in [0.25, 0.3) is 17.0 Å². The number of benzene rings is 2. The van der Waals surface area contributed by atoms with Crippen molar-refractivity contribution in [3.05, 3.63) is 65.4 Å². The molecule has 3 rings (SSSR count). The number of fused-ring (bicyclic) bond motifs is 1. The second-order valence-corrected chi connectivity index (χ2v) is 6.37. The van der Waals surface area contributed by atoms with Crippen LogP contribution >= 0.6 is 0 Å². The average molecular weight is 393 g/mol. The molecule has 3 aromatic rings. The minimum atomic E-state index is -0.614. The fourth-order valence-electron chi connectivity index (χ4n) is 3.13. The monoisotopic (exact) mass is 393 g/mol. The van der Waals surface area contributed by atoms with E-state index in [1.165, 1.54) is 6.08 Å². The number of para-hydroxylation sites is 1. The Morgan fingerprint density at radius 1 is 1.10 bits per heavy atom. The first kappa shape index (κ1) is 20.2. The molecule has 0 aliphatic heterocycles. The number of hydrogen-bond donors (Lipinski definition) is 1. The number of aryl methyl sites for hydroxylation is 1. The van der Waals surface area contributed by atoms with Gasteiger partial charge < -0.3 is 19.2 Å². The third-order valence-electron chi connectivity index (χ3n) is 4.66. The minimum Gasteiger partial charge on any atom is -0.497 e. The number of rotatable bonds is 8. The van der Waals surface area contributed by atoms with E-state index in [1.54, 1.807) is 44.7 Å². The van der Waals surface area contributed by atoms with Gasteiger partial charge in [0.25, 0.3) is 0 Å². The number of hydrogen-bond acceptors (Lipinski definition) is 5. The van der Waals surface area contributed by atoms with Gasteiger partial charge in [-0.2, -0.15) is 0 Å². The highest BCUT2D eigenvalue weighted by atomic mass is 16.5. The summed E-state index contributed by atoms with van der Waals surface area (Å²) in [5.74, 6) is 0.360. The Bertz CT molecular complexity index is 1060. The number of carbonyl (C=O) groups is 2. The molecule has 0 radical (unpaired) electrons. The third-order valence-corrected chi connectivity index (χ3v) is 4.66. The maximum absolute atomic E-state index is 12.5. The second-order valence-electron chi connectivity index (χ2n) is 6.37. The van der Waals surface area contributed by atoms with E-state index in [0.29, 0.717) is 22.6 Å². The summed E-state index contributed by atoms with van der Waals surface area (Å²) in [7, 11) is 3.10. The molecule has 1 aromatic heterocycles. The number of H-pyrrole nitrogens is 1. The highest BCUT2D eigenvalue weighted by Crippen LogP contribution is 2.25. The highest BCUT2D eigenvalue weighted by molar-refractivity contribution is 6.09. The zero-order valence-electron chi connectivity index (χ0n) is 16.7. The summed E-state index contributed by atoms with van der Waals surface area (Å²) in [6, 6.07) is 11.1. The Labute approximate surface area is 169 Å². The largest absolute Gasteiger partial charge is 0.497 e. The van der Waals surface area contributed by atoms with Crippen LogP contribution in [0.4, 0.5) is 0 Å². The molecule has 1 heterocycles. The van der Waals surface area contributed by atoms with Crippen molar-refractivity contribution in [2.24, 2.45) is 0 Å². The molecule has 6 heteroatoms. The summed E-state index contributed by atoms with van der Waals surface area (Å²) in [6.07, 6.45) is 5.35. The molecule has 0 amide bonds. The number of aromatic amines is 1. The van der Waals surface area contributed by atoms with Gasteiger partial charge in [0, 0.05) is 34.3 Å². The molecule has 0 atom stereocenters. The fourth-order valence-corrected chi connectivity index (χ4v) is 3.13. The molecule has 0 saturated heterocycles. The average Bonchev–Trinajstić information content (AvgIpc) is 3.20. The van der Waals surface area contributed by atoms with Crippen molar-refractivity contribution in [1.82, 2.24) is 4.98 Å². The van der Waals surface area contributed by atoms with Gasteiger partial charge in [-0.3, -0.25) is 4.79 Å². The maximum Gasteiger partial charge on any atom is 0.331 e. The van der Waals surface area contributed by atoms with E-state index in [0.717, 1.165) is 22.9 Å². The van der Waals surface area contributed by atoms with Crippen molar-refractivity contribution >= 4 is 28.7 Å². The van der Waals surface area contributed by atoms with Crippen LogP contribution in [-0.4, -0.2) is 37.6 Å². The molecule has 29 heavy (non-hydrogen) atoms. The topological polar surface area (TPSA) is 77.6 Å². The van der Waals surface area contributed by atoms with Gasteiger partial charge in [0.2, 0.25) is 5.78 Å². The lowest BCUT2D eigenvalue weighted by Crippen LogP contribution is -2.12. The lowest BCUT2D eigenvalue weighted by atomic mass is 10.1. The van der Waals surface area contributed by atoms with Crippen molar-refractivity contribution in [1.29, 1.82) is 0 Å². The molecule has 0 spiro atoms. The minimum absolute atomic E-state index is 0.259. The van der Waals surface area contributed by atoms with Gasteiger partial charge in [0.05, 0.1) is 14.2 Å². The predicted octanol–water partition coefficient (Wildman–Crippen LogP) is 4.19. The van der Waals surface area contributed by atoms with Gasteiger partial charge in [-0.1, -0.05) is 25.1 Å². The summed E-state index contributed by atoms with van der Waals surface area (Å²) < 4.78 is 15.6. The molecule has 0 fully saturated rings. The van der Waals surface area contributed by atoms with Crippen molar-refractivity contribution in [2.45, 2.75) is 13.3 Å². The van der Waals surface area contributed by atoms with E-state index in [9.17, 15) is 9.59 Å². The molecule has 0 unspecified atom stereocenters. The van der Waals surface area contributed by atoms with Crippen LogP contribution < -0.4 is 9.47 Å². The number of Topliss-reactive ketones (excluding diaryl/α,β-unsaturated/α-hetero) is 1. The number of nitrogens with one attached hydrogen (secondary N) is 1. The zero-order chi connectivity index (χ0) is 20.8. The Morgan fingerprint density at radius 3 is 2.66 bits per heavy atom. The standard InChI is InChI=1S/C23H23NO5/c1-4-15-6-5-7-18-19(13-24-23(15)18)20(25)14-29-22(26)11-8-16-12-17(27-2)9-10-21(16)28-3/h5-13,24H,4,14H2,1-3H3/b11-8+. The zero-order valence-corrected chi connectivity index (χ0v) is 16.7.